The number of hydrogen-bond acceptors (Lipinski definition) is 4. The van der Waals surface area contributed by atoms with Crippen LogP contribution in [-0.4, -0.2) is 39.6 Å². The lowest BCUT2D eigenvalue weighted by Gasteiger charge is -2.23. The van der Waals surface area contributed by atoms with E-state index in [1.54, 1.807) is 0 Å². The Balaban J connectivity index is 1.53. The Kier molecular flexibility index (Phi) is 4.99. The Bertz CT molecular complexity index is 452. The molecule has 0 atom stereocenters. The number of anilines is 1. The van der Waals surface area contributed by atoms with Crippen molar-refractivity contribution in [1.29, 1.82) is 0 Å². The SMILES string of the molecule is Cc1cc(N2CCCNCC2)ccc1OCOCC1CC1. The molecule has 0 spiro atoms. The van der Waals surface area contributed by atoms with E-state index in [0.717, 1.165) is 44.5 Å². The monoisotopic (exact) mass is 290 g/mol. The highest BCUT2D eigenvalue weighted by atomic mass is 16.7. The Morgan fingerprint density at radius 1 is 1.24 bits per heavy atom. The molecule has 1 aromatic carbocycles. The van der Waals surface area contributed by atoms with E-state index in [1.165, 1.54) is 30.5 Å². The molecule has 4 nitrogen and oxygen atoms in total. The summed E-state index contributed by atoms with van der Waals surface area (Å²) in [6, 6.07) is 6.46. The molecule has 1 aliphatic carbocycles. The van der Waals surface area contributed by atoms with Gasteiger partial charge in [0.15, 0.2) is 6.79 Å². The number of nitrogens with one attached hydrogen (secondary N) is 1. The molecule has 3 rings (SSSR count). The Hall–Kier alpha value is -1.26. The fourth-order valence-electron chi connectivity index (χ4n) is 2.70. The summed E-state index contributed by atoms with van der Waals surface area (Å²) in [4.78, 5) is 2.44. The molecule has 0 amide bonds. The van der Waals surface area contributed by atoms with Gasteiger partial charge in [0.2, 0.25) is 0 Å². The highest BCUT2D eigenvalue weighted by molar-refractivity contribution is 5.53. The van der Waals surface area contributed by atoms with Gasteiger partial charge in [-0.3, -0.25) is 0 Å². The van der Waals surface area contributed by atoms with Crippen LogP contribution in [0.2, 0.25) is 0 Å². The van der Waals surface area contributed by atoms with Crippen molar-refractivity contribution in [1.82, 2.24) is 5.32 Å². The summed E-state index contributed by atoms with van der Waals surface area (Å²) in [6.45, 7) is 7.70. The van der Waals surface area contributed by atoms with Gasteiger partial charge in [-0.25, -0.2) is 0 Å². The molecule has 21 heavy (non-hydrogen) atoms. The molecule has 2 fully saturated rings. The van der Waals surface area contributed by atoms with Crippen molar-refractivity contribution in [3.63, 3.8) is 0 Å². The number of hydrogen-bond donors (Lipinski definition) is 1. The molecule has 1 aliphatic heterocycles. The molecule has 116 valence electrons. The molecule has 1 aromatic rings. The maximum absolute atomic E-state index is 5.73. The van der Waals surface area contributed by atoms with Gasteiger partial charge in [-0.05, 0) is 62.4 Å². The molecule has 0 radical (unpaired) electrons. The minimum atomic E-state index is 0.365. The number of rotatable bonds is 6. The summed E-state index contributed by atoms with van der Waals surface area (Å²) in [5.41, 5.74) is 2.47. The summed E-state index contributed by atoms with van der Waals surface area (Å²) >= 11 is 0. The van der Waals surface area contributed by atoms with Crippen LogP contribution >= 0.6 is 0 Å². The normalized spacial score (nSPS) is 19.4. The third-order valence-corrected chi connectivity index (χ3v) is 4.21. The Morgan fingerprint density at radius 3 is 2.95 bits per heavy atom. The number of aryl methyl sites for hydroxylation is 1. The zero-order valence-electron chi connectivity index (χ0n) is 12.9. The smallest absolute Gasteiger partial charge is 0.189 e. The lowest BCUT2D eigenvalue weighted by Crippen LogP contribution is -2.27. The third-order valence-electron chi connectivity index (χ3n) is 4.21. The quantitative estimate of drug-likeness (QED) is 0.645. The van der Waals surface area contributed by atoms with Gasteiger partial charge < -0.3 is 19.7 Å². The van der Waals surface area contributed by atoms with E-state index in [9.17, 15) is 0 Å². The van der Waals surface area contributed by atoms with Gasteiger partial charge in [0, 0.05) is 25.3 Å². The van der Waals surface area contributed by atoms with Gasteiger partial charge in [-0.2, -0.15) is 0 Å². The van der Waals surface area contributed by atoms with Crippen molar-refractivity contribution >= 4 is 5.69 Å². The second-order valence-corrected chi connectivity index (χ2v) is 6.12. The topological polar surface area (TPSA) is 33.7 Å². The van der Waals surface area contributed by atoms with Crippen molar-refractivity contribution < 1.29 is 9.47 Å². The highest BCUT2D eigenvalue weighted by Crippen LogP contribution is 2.29. The molecule has 1 saturated carbocycles. The van der Waals surface area contributed by atoms with E-state index < -0.39 is 0 Å². The minimum absolute atomic E-state index is 0.365. The van der Waals surface area contributed by atoms with Crippen molar-refractivity contribution in [3.05, 3.63) is 23.8 Å². The van der Waals surface area contributed by atoms with Crippen LogP contribution in [-0.2, 0) is 4.74 Å². The molecule has 2 aliphatic rings. The molecule has 4 heteroatoms. The maximum Gasteiger partial charge on any atom is 0.189 e. The Morgan fingerprint density at radius 2 is 2.14 bits per heavy atom. The minimum Gasteiger partial charge on any atom is -0.467 e. The van der Waals surface area contributed by atoms with Gasteiger partial charge in [-0.15, -0.1) is 0 Å². The molecular formula is C17H26N2O2. The molecule has 1 heterocycles. The number of benzene rings is 1. The molecule has 0 unspecified atom stereocenters. The van der Waals surface area contributed by atoms with Crippen LogP contribution in [0.15, 0.2) is 18.2 Å². The standard InChI is InChI=1S/C17H26N2O2/c1-14-11-16(19-9-2-7-18-8-10-19)5-6-17(14)21-13-20-12-15-3-4-15/h5-6,11,15,18H,2-4,7-10,12-13H2,1H3. The van der Waals surface area contributed by atoms with Crippen LogP contribution in [0.4, 0.5) is 5.69 Å². The van der Waals surface area contributed by atoms with Crippen molar-refractivity contribution in [2.24, 2.45) is 5.92 Å². The largest absolute Gasteiger partial charge is 0.467 e. The number of nitrogens with zero attached hydrogens (tertiary/aromatic N) is 1. The van der Waals surface area contributed by atoms with Gasteiger partial charge >= 0.3 is 0 Å². The van der Waals surface area contributed by atoms with E-state index in [4.69, 9.17) is 9.47 Å². The summed E-state index contributed by atoms with van der Waals surface area (Å²) in [5, 5.41) is 3.44. The molecule has 1 N–H and O–H groups in total. The van der Waals surface area contributed by atoms with Crippen LogP contribution in [0.1, 0.15) is 24.8 Å². The van der Waals surface area contributed by atoms with Crippen molar-refractivity contribution in [2.75, 3.05) is 44.5 Å². The molecular weight excluding hydrogens is 264 g/mol. The summed E-state index contributed by atoms with van der Waals surface area (Å²) in [5.74, 6) is 1.72. The predicted molar refractivity (Wildman–Crippen MR) is 85.0 cm³/mol. The first-order chi connectivity index (χ1) is 10.3. The molecule has 1 saturated heterocycles. The highest BCUT2D eigenvalue weighted by Gasteiger charge is 2.21. The first-order valence-electron chi connectivity index (χ1n) is 8.10. The van der Waals surface area contributed by atoms with E-state index in [0.29, 0.717) is 6.79 Å². The summed E-state index contributed by atoms with van der Waals surface area (Å²) in [6.07, 6.45) is 3.84. The van der Waals surface area contributed by atoms with Crippen LogP contribution in [0, 0.1) is 12.8 Å². The van der Waals surface area contributed by atoms with E-state index >= 15 is 0 Å². The summed E-state index contributed by atoms with van der Waals surface area (Å²) in [7, 11) is 0. The zero-order valence-corrected chi connectivity index (χ0v) is 12.9. The average Bonchev–Trinajstić information content (AvgIpc) is 3.31. The van der Waals surface area contributed by atoms with E-state index in [1.807, 2.05) is 0 Å². The zero-order chi connectivity index (χ0) is 14.5. The van der Waals surface area contributed by atoms with Gasteiger partial charge in [-0.1, -0.05) is 0 Å². The van der Waals surface area contributed by atoms with Crippen molar-refractivity contribution in [2.45, 2.75) is 26.2 Å². The van der Waals surface area contributed by atoms with Crippen LogP contribution in [0.25, 0.3) is 0 Å². The predicted octanol–water partition coefficient (Wildman–Crippen LogP) is 2.56. The lowest BCUT2D eigenvalue weighted by atomic mass is 10.2. The first kappa shape index (κ1) is 14.7. The second kappa shape index (κ2) is 7.14. The van der Waals surface area contributed by atoms with Crippen LogP contribution < -0.4 is 15.0 Å². The first-order valence-corrected chi connectivity index (χ1v) is 8.10. The molecule has 0 bridgehead atoms. The maximum atomic E-state index is 5.73. The number of ether oxygens (including phenoxy) is 2. The van der Waals surface area contributed by atoms with Crippen LogP contribution in [0.3, 0.4) is 0 Å². The van der Waals surface area contributed by atoms with Gasteiger partial charge in [0.1, 0.15) is 5.75 Å². The van der Waals surface area contributed by atoms with Gasteiger partial charge in [0.25, 0.3) is 0 Å². The fraction of sp³-hybridized carbons (Fsp3) is 0.647. The molecule has 0 aromatic heterocycles. The Labute approximate surface area is 127 Å². The van der Waals surface area contributed by atoms with E-state index in [2.05, 4.69) is 35.3 Å². The van der Waals surface area contributed by atoms with Gasteiger partial charge in [0.05, 0.1) is 6.61 Å². The lowest BCUT2D eigenvalue weighted by molar-refractivity contribution is 0.00962. The van der Waals surface area contributed by atoms with Crippen LogP contribution in [0.5, 0.6) is 5.75 Å². The fourth-order valence-corrected chi connectivity index (χ4v) is 2.70. The van der Waals surface area contributed by atoms with E-state index in [-0.39, 0.29) is 0 Å². The summed E-state index contributed by atoms with van der Waals surface area (Å²) < 4.78 is 11.3. The third kappa shape index (κ3) is 4.35. The average molecular weight is 290 g/mol. The second-order valence-electron chi connectivity index (χ2n) is 6.12. The van der Waals surface area contributed by atoms with Crippen molar-refractivity contribution in [3.8, 4) is 5.75 Å².